The molecule has 0 saturated carbocycles. The van der Waals surface area contributed by atoms with E-state index in [4.69, 9.17) is 13.2 Å². The maximum Gasteiger partial charge on any atom is 0.365 e. The molecule has 20 heavy (non-hydrogen) atoms. The number of hydrogen-bond acceptors (Lipinski definition) is 6. The highest BCUT2D eigenvalue weighted by molar-refractivity contribution is 7.74. The molecule has 0 aromatic heterocycles. The Labute approximate surface area is 121 Å². The zero-order valence-corrected chi connectivity index (χ0v) is 13.3. The highest BCUT2D eigenvalue weighted by atomic mass is 32.2. The fourth-order valence-corrected chi connectivity index (χ4v) is 4.12. The molecule has 1 rings (SSSR count). The Bertz CT molecular complexity index is 479. The Kier molecular flexibility index (Phi) is 7.02. The summed E-state index contributed by atoms with van der Waals surface area (Å²) in [6, 6.07) is 6.80. The Morgan fingerprint density at radius 1 is 1.20 bits per heavy atom. The van der Waals surface area contributed by atoms with Crippen LogP contribution >= 0.6 is 7.60 Å². The van der Waals surface area contributed by atoms with Crippen molar-refractivity contribution in [3.63, 3.8) is 0 Å². The third kappa shape index (κ3) is 4.77. The summed E-state index contributed by atoms with van der Waals surface area (Å²) in [5.74, 6) is -1.30. The van der Waals surface area contributed by atoms with Gasteiger partial charge in [-0.25, -0.2) is 4.21 Å². The fourth-order valence-electron chi connectivity index (χ4n) is 1.63. The van der Waals surface area contributed by atoms with Gasteiger partial charge in [-0.15, -0.1) is 0 Å². The summed E-state index contributed by atoms with van der Waals surface area (Å²) in [6.07, 6.45) is 0. The van der Waals surface area contributed by atoms with E-state index in [0.717, 1.165) is 5.56 Å². The number of benzene rings is 1. The molecule has 0 bridgehead atoms. The predicted molar refractivity (Wildman–Crippen MR) is 74.8 cm³/mol. The van der Waals surface area contributed by atoms with E-state index >= 15 is 0 Å². The van der Waals surface area contributed by atoms with Crippen LogP contribution in [0.25, 0.3) is 0 Å². The van der Waals surface area contributed by atoms with Gasteiger partial charge in [-0.05, 0) is 26.3 Å². The molecule has 8 heteroatoms. The summed E-state index contributed by atoms with van der Waals surface area (Å²) in [5, 5.41) is 0. The van der Waals surface area contributed by atoms with Gasteiger partial charge in [0.25, 0.3) is 0 Å². The highest BCUT2D eigenvalue weighted by Gasteiger charge is 2.38. The topological polar surface area (TPSA) is 84.9 Å². The average molecular weight is 321 g/mol. The molecule has 2 unspecified atom stereocenters. The van der Waals surface area contributed by atoms with E-state index in [9.17, 15) is 13.3 Å². The smallest absolute Gasteiger partial charge is 0.365 e. The van der Waals surface area contributed by atoms with Crippen molar-refractivity contribution in [1.29, 1.82) is 0 Å². The SMILES string of the molecule is CCOP(=O)(OCC)C(OS(=O)[O-])c1ccc(C)cc1. The van der Waals surface area contributed by atoms with Gasteiger partial charge in [-0.2, -0.15) is 0 Å². The van der Waals surface area contributed by atoms with Crippen LogP contribution in [0.5, 0.6) is 0 Å². The first kappa shape index (κ1) is 17.5. The lowest BCUT2D eigenvalue weighted by Gasteiger charge is -2.26. The first-order chi connectivity index (χ1) is 9.42. The van der Waals surface area contributed by atoms with Gasteiger partial charge in [-0.1, -0.05) is 29.8 Å². The van der Waals surface area contributed by atoms with Crippen LogP contribution in [0.15, 0.2) is 24.3 Å². The van der Waals surface area contributed by atoms with E-state index in [1.54, 1.807) is 38.1 Å². The maximum absolute atomic E-state index is 12.7. The summed E-state index contributed by atoms with van der Waals surface area (Å²) in [4.78, 5) is 0. The van der Waals surface area contributed by atoms with Crippen LogP contribution in [-0.2, 0) is 29.2 Å². The van der Waals surface area contributed by atoms with Crippen molar-refractivity contribution < 1.29 is 26.6 Å². The summed E-state index contributed by atoms with van der Waals surface area (Å²) >= 11 is -2.84. The maximum atomic E-state index is 12.7. The van der Waals surface area contributed by atoms with E-state index in [2.05, 4.69) is 0 Å². The minimum absolute atomic E-state index is 0.120. The molecule has 6 nitrogen and oxygen atoms in total. The zero-order valence-electron chi connectivity index (χ0n) is 11.6. The van der Waals surface area contributed by atoms with Crippen molar-refractivity contribution in [2.24, 2.45) is 0 Å². The van der Waals surface area contributed by atoms with Crippen molar-refractivity contribution in [1.82, 2.24) is 0 Å². The number of hydrogen-bond donors (Lipinski definition) is 0. The molecule has 0 N–H and O–H groups in total. The van der Waals surface area contributed by atoms with Crippen LogP contribution in [0.1, 0.15) is 30.8 Å². The van der Waals surface area contributed by atoms with Crippen LogP contribution in [-0.4, -0.2) is 22.0 Å². The molecule has 1 aromatic carbocycles. The Morgan fingerprint density at radius 2 is 1.70 bits per heavy atom. The molecule has 0 fully saturated rings. The second-order valence-corrected chi connectivity index (χ2v) is 6.60. The molecule has 0 amide bonds. The molecule has 114 valence electrons. The summed E-state index contributed by atoms with van der Waals surface area (Å²) < 4.78 is 49.4. The third-order valence-electron chi connectivity index (χ3n) is 2.44. The average Bonchev–Trinajstić information content (AvgIpc) is 2.37. The van der Waals surface area contributed by atoms with Crippen molar-refractivity contribution in [3.05, 3.63) is 35.4 Å². The van der Waals surface area contributed by atoms with Crippen LogP contribution in [0.2, 0.25) is 0 Å². The lowest BCUT2D eigenvalue weighted by Crippen LogP contribution is -2.12. The molecular formula is C12H18O6PS-. The Hall–Kier alpha value is -0.560. The summed E-state index contributed by atoms with van der Waals surface area (Å²) in [7, 11) is -3.74. The summed E-state index contributed by atoms with van der Waals surface area (Å²) in [5.41, 5.74) is 1.41. The van der Waals surface area contributed by atoms with Crippen LogP contribution in [0.4, 0.5) is 0 Å². The van der Waals surface area contributed by atoms with Crippen LogP contribution in [0.3, 0.4) is 0 Å². The van der Waals surface area contributed by atoms with Gasteiger partial charge in [0.15, 0.2) is 5.85 Å². The first-order valence-corrected chi connectivity index (χ1v) is 8.76. The van der Waals surface area contributed by atoms with Gasteiger partial charge < -0.3 is 13.6 Å². The molecule has 0 radical (unpaired) electrons. The molecular weight excluding hydrogens is 303 g/mol. The largest absolute Gasteiger partial charge is 0.750 e. The highest BCUT2D eigenvalue weighted by Crippen LogP contribution is 2.61. The zero-order chi connectivity index (χ0) is 15.2. The van der Waals surface area contributed by atoms with Gasteiger partial charge in [0.05, 0.1) is 24.6 Å². The van der Waals surface area contributed by atoms with E-state index in [-0.39, 0.29) is 13.2 Å². The van der Waals surface area contributed by atoms with Crippen LogP contribution < -0.4 is 0 Å². The van der Waals surface area contributed by atoms with E-state index in [1.165, 1.54) is 0 Å². The van der Waals surface area contributed by atoms with Crippen molar-refractivity contribution in [2.45, 2.75) is 26.6 Å². The molecule has 0 aliphatic heterocycles. The normalized spacial score (nSPS) is 15.0. The van der Waals surface area contributed by atoms with Gasteiger partial charge in [0.2, 0.25) is 0 Å². The molecule has 0 spiro atoms. The van der Waals surface area contributed by atoms with Gasteiger partial charge in [0.1, 0.15) is 0 Å². The fraction of sp³-hybridized carbons (Fsp3) is 0.500. The second kappa shape index (κ2) is 8.02. The lowest BCUT2D eigenvalue weighted by atomic mass is 10.2. The minimum atomic E-state index is -3.74. The second-order valence-electron chi connectivity index (χ2n) is 3.94. The predicted octanol–water partition coefficient (Wildman–Crippen LogP) is 3.07. The molecule has 0 aliphatic rings. The van der Waals surface area contributed by atoms with Crippen molar-refractivity contribution >= 4 is 19.0 Å². The molecule has 0 aliphatic carbocycles. The first-order valence-electron chi connectivity index (χ1n) is 6.14. The van der Waals surface area contributed by atoms with E-state index in [1.807, 2.05) is 6.92 Å². The monoisotopic (exact) mass is 321 g/mol. The standard InChI is InChI=1S/C12H19O6PS/c1-4-16-19(13,17-5-2)12(18-20(14)15)11-8-6-10(3)7-9-11/h6-9,12H,4-5H2,1-3H3,(H,14,15)/p-1. The minimum Gasteiger partial charge on any atom is -0.750 e. The Morgan fingerprint density at radius 3 is 2.10 bits per heavy atom. The van der Waals surface area contributed by atoms with Gasteiger partial charge in [0, 0.05) is 0 Å². The quantitative estimate of drug-likeness (QED) is 0.540. The van der Waals surface area contributed by atoms with Gasteiger partial charge >= 0.3 is 7.60 Å². The van der Waals surface area contributed by atoms with E-state index < -0.39 is 24.8 Å². The van der Waals surface area contributed by atoms with Crippen LogP contribution in [0, 0.1) is 6.92 Å². The summed E-state index contributed by atoms with van der Waals surface area (Å²) in [6.45, 7) is 5.41. The van der Waals surface area contributed by atoms with Gasteiger partial charge in [-0.3, -0.25) is 8.75 Å². The molecule has 0 heterocycles. The molecule has 1 aromatic rings. The number of aryl methyl sites for hydroxylation is 1. The molecule has 2 atom stereocenters. The third-order valence-corrected chi connectivity index (χ3v) is 5.14. The molecule has 0 saturated heterocycles. The lowest BCUT2D eigenvalue weighted by molar-refractivity contribution is 0.162. The Balaban J connectivity index is 3.18. The number of rotatable bonds is 8. The van der Waals surface area contributed by atoms with E-state index in [0.29, 0.717) is 5.56 Å². The van der Waals surface area contributed by atoms with Crippen molar-refractivity contribution in [2.75, 3.05) is 13.2 Å². The van der Waals surface area contributed by atoms with Crippen molar-refractivity contribution in [3.8, 4) is 0 Å².